The zero-order valence-electron chi connectivity index (χ0n) is 9.35. The molecule has 3 N–H and O–H groups in total. The molecule has 4 nitrogen and oxygen atoms in total. The van der Waals surface area contributed by atoms with Gasteiger partial charge in [-0.15, -0.1) is 0 Å². The maximum absolute atomic E-state index is 13.1. The molecular weight excluding hydrogens is 255 g/mol. The SMILES string of the molecule is NC(=S)Nc1cc(F)ccc1OCc1ccco1. The zero-order chi connectivity index (χ0) is 13.0. The maximum atomic E-state index is 13.1. The molecule has 0 radical (unpaired) electrons. The van der Waals surface area contributed by atoms with Crippen LogP contribution < -0.4 is 15.8 Å². The highest BCUT2D eigenvalue weighted by Crippen LogP contribution is 2.26. The van der Waals surface area contributed by atoms with Gasteiger partial charge in [-0.05, 0) is 36.5 Å². The Balaban J connectivity index is 2.13. The minimum Gasteiger partial charge on any atom is -0.483 e. The summed E-state index contributed by atoms with van der Waals surface area (Å²) in [5.74, 6) is 0.709. The van der Waals surface area contributed by atoms with E-state index in [1.165, 1.54) is 18.2 Å². The molecule has 2 rings (SSSR count). The van der Waals surface area contributed by atoms with Crippen molar-refractivity contribution in [2.75, 3.05) is 5.32 Å². The number of nitrogens with two attached hydrogens (primary N) is 1. The highest BCUT2D eigenvalue weighted by Gasteiger charge is 2.07. The molecule has 0 saturated heterocycles. The Morgan fingerprint density at radius 2 is 2.28 bits per heavy atom. The zero-order valence-corrected chi connectivity index (χ0v) is 10.2. The fourth-order valence-corrected chi connectivity index (χ4v) is 1.51. The summed E-state index contributed by atoms with van der Waals surface area (Å²) >= 11 is 4.71. The lowest BCUT2D eigenvalue weighted by Gasteiger charge is -2.11. The van der Waals surface area contributed by atoms with E-state index in [0.29, 0.717) is 17.2 Å². The van der Waals surface area contributed by atoms with Crippen molar-refractivity contribution in [3.63, 3.8) is 0 Å². The predicted molar refractivity (Wildman–Crippen MR) is 69.8 cm³/mol. The average Bonchev–Trinajstić information content (AvgIpc) is 2.80. The van der Waals surface area contributed by atoms with Crippen molar-refractivity contribution in [2.24, 2.45) is 5.73 Å². The van der Waals surface area contributed by atoms with E-state index >= 15 is 0 Å². The molecule has 0 atom stereocenters. The molecular formula is C12H11FN2O2S. The van der Waals surface area contributed by atoms with Crippen LogP contribution in [0.25, 0.3) is 0 Å². The monoisotopic (exact) mass is 266 g/mol. The Labute approximate surface area is 109 Å². The Bertz CT molecular complexity index is 543. The van der Waals surface area contributed by atoms with E-state index in [1.807, 2.05) is 0 Å². The number of hydrogen-bond donors (Lipinski definition) is 2. The summed E-state index contributed by atoms with van der Waals surface area (Å²) in [7, 11) is 0. The number of rotatable bonds is 4. The first-order valence-corrected chi connectivity index (χ1v) is 5.57. The Hall–Kier alpha value is -2.08. The first-order chi connectivity index (χ1) is 8.65. The number of benzene rings is 1. The van der Waals surface area contributed by atoms with E-state index in [0.717, 1.165) is 0 Å². The van der Waals surface area contributed by atoms with E-state index in [4.69, 9.17) is 27.1 Å². The quantitative estimate of drug-likeness (QED) is 0.833. The third-order valence-electron chi connectivity index (χ3n) is 2.15. The predicted octanol–water partition coefficient (Wildman–Crippen LogP) is 2.65. The fourth-order valence-electron chi connectivity index (χ4n) is 1.40. The molecule has 18 heavy (non-hydrogen) atoms. The van der Waals surface area contributed by atoms with Crippen LogP contribution in [0.4, 0.5) is 10.1 Å². The number of halogens is 1. The lowest BCUT2D eigenvalue weighted by molar-refractivity contribution is 0.271. The molecule has 0 aliphatic rings. The molecule has 1 heterocycles. The standard InChI is InChI=1S/C12H11FN2O2S/c13-8-3-4-11(10(6-8)15-12(14)18)17-7-9-2-1-5-16-9/h1-6H,7H2,(H3,14,15,18). The summed E-state index contributed by atoms with van der Waals surface area (Å²) in [5, 5.41) is 2.70. The van der Waals surface area contributed by atoms with Crippen molar-refractivity contribution in [3.8, 4) is 5.75 Å². The molecule has 0 bridgehead atoms. The number of hydrogen-bond acceptors (Lipinski definition) is 3. The second-order valence-electron chi connectivity index (χ2n) is 3.50. The largest absolute Gasteiger partial charge is 0.483 e. The Morgan fingerprint density at radius 3 is 2.94 bits per heavy atom. The number of furan rings is 1. The number of anilines is 1. The van der Waals surface area contributed by atoms with Crippen molar-refractivity contribution < 1.29 is 13.5 Å². The second-order valence-corrected chi connectivity index (χ2v) is 3.94. The molecule has 2 aromatic rings. The van der Waals surface area contributed by atoms with Crippen LogP contribution in [0.15, 0.2) is 41.0 Å². The molecule has 1 aromatic heterocycles. The van der Waals surface area contributed by atoms with Crippen molar-refractivity contribution in [1.29, 1.82) is 0 Å². The second kappa shape index (κ2) is 5.50. The number of thiocarbonyl (C=S) groups is 1. The molecule has 0 amide bonds. The molecule has 6 heteroatoms. The van der Waals surface area contributed by atoms with Crippen LogP contribution in [0.3, 0.4) is 0 Å². The first kappa shape index (κ1) is 12.4. The molecule has 0 aliphatic heterocycles. The van der Waals surface area contributed by atoms with E-state index < -0.39 is 5.82 Å². The van der Waals surface area contributed by atoms with Gasteiger partial charge in [0.05, 0.1) is 12.0 Å². The van der Waals surface area contributed by atoms with Gasteiger partial charge in [0.1, 0.15) is 23.9 Å². The van der Waals surface area contributed by atoms with Gasteiger partial charge in [-0.1, -0.05) is 0 Å². The minimum atomic E-state index is -0.404. The molecule has 1 aromatic carbocycles. The van der Waals surface area contributed by atoms with Crippen molar-refractivity contribution >= 4 is 23.0 Å². The van der Waals surface area contributed by atoms with Gasteiger partial charge in [-0.25, -0.2) is 4.39 Å². The van der Waals surface area contributed by atoms with E-state index in [-0.39, 0.29) is 11.7 Å². The molecule has 0 spiro atoms. The van der Waals surface area contributed by atoms with Gasteiger partial charge < -0.3 is 20.2 Å². The van der Waals surface area contributed by atoms with E-state index in [2.05, 4.69) is 5.32 Å². The summed E-state index contributed by atoms with van der Waals surface area (Å²) in [4.78, 5) is 0. The minimum absolute atomic E-state index is 0.0449. The molecule has 0 aliphatic carbocycles. The van der Waals surface area contributed by atoms with Gasteiger partial charge in [-0.2, -0.15) is 0 Å². The highest BCUT2D eigenvalue weighted by molar-refractivity contribution is 7.80. The van der Waals surface area contributed by atoms with Gasteiger partial charge in [0.15, 0.2) is 5.11 Å². The van der Waals surface area contributed by atoms with Gasteiger partial charge in [-0.3, -0.25) is 0 Å². The maximum Gasteiger partial charge on any atom is 0.168 e. The molecule has 0 unspecified atom stereocenters. The first-order valence-electron chi connectivity index (χ1n) is 5.16. The van der Waals surface area contributed by atoms with Crippen LogP contribution in [0.5, 0.6) is 5.75 Å². The van der Waals surface area contributed by atoms with E-state index in [9.17, 15) is 4.39 Å². The smallest absolute Gasteiger partial charge is 0.168 e. The molecule has 0 saturated carbocycles. The van der Waals surface area contributed by atoms with Crippen LogP contribution in [0, 0.1) is 5.82 Å². The molecule has 0 fully saturated rings. The number of nitrogens with one attached hydrogen (secondary N) is 1. The highest BCUT2D eigenvalue weighted by atomic mass is 32.1. The van der Waals surface area contributed by atoms with Crippen molar-refractivity contribution in [1.82, 2.24) is 0 Å². The van der Waals surface area contributed by atoms with Crippen molar-refractivity contribution in [3.05, 3.63) is 48.2 Å². The van der Waals surface area contributed by atoms with Gasteiger partial charge in [0.25, 0.3) is 0 Å². The van der Waals surface area contributed by atoms with Gasteiger partial charge >= 0.3 is 0 Å². The summed E-state index contributed by atoms with van der Waals surface area (Å²) < 4.78 is 23.7. The molecule has 94 valence electrons. The Morgan fingerprint density at radius 1 is 1.44 bits per heavy atom. The average molecular weight is 266 g/mol. The third-order valence-corrected chi connectivity index (χ3v) is 2.25. The summed E-state index contributed by atoms with van der Waals surface area (Å²) in [6.07, 6.45) is 1.55. The van der Waals surface area contributed by atoms with Crippen LogP contribution in [0.2, 0.25) is 0 Å². The van der Waals surface area contributed by atoms with Gasteiger partial charge in [0, 0.05) is 6.07 Å². The fraction of sp³-hybridized carbons (Fsp3) is 0.0833. The summed E-state index contributed by atoms with van der Waals surface area (Å²) in [6.45, 7) is 0.241. The van der Waals surface area contributed by atoms with Crippen molar-refractivity contribution in [2.45, 2.75) is 6.61 Å². The summed E-state index contributed by atoms with van der Waals surface area (Å²) in [6, 6.07) is 7.60. The topological polar surface area (TPSA) is 60.4 Å². The van der Waals surface area contributed by atoms with Crippen LogP contribution >= 0.6 is 12.2 Å². The normalized spacial score (nSPS) is 10.1. The lowest BCUT2D eigenvalue weighted by atomic mass is 10.3. The third kappa shape index (κ3) is 3.21. The Kier molecular flexibility index (Phi) is 3.78. The number of ether oxygens (including phenoxy) is 1. The lowest BCUT2D eigenvalue weighted by Crippen LogP contribution is -2.19. The van der Waals surface area contributed by atoms with Crippen LogP contribution in [-0.2, 0) is 6.61 Å². The van der Waals surface area contributed by atoms with Crippen LogP contribution in [0.1, 0.15) is 5.76 Å². The van der Waals surface area contributed by atoms with Crippen LogP contribution in [-0.4, -0.2) is 5.11 Å². The van der Waals surface area contributed by atoms with Gasteiger partial charge in [0.2, 0.25) is 0 Å². The summed E-state index contributed by atoms with van der Waals surface area (Å²) in [5.41, 5.74) is 5.74. The van der Waals surface area contributed by atoms with E-state index in [1.54, 1.807) is 18.4 Å².